The molecule has 7 heterocycles. The number of piperidine rings is 1. The van der Waals surface area contributed by atoms with E-state index in [2.05, 4.69) is 50.2 Å². The maximum absolute atomic E-state index is 13.8. The third kappa shape index (κ3) is 11.8. The van der Waals surface area contributed by atoms with Crippen molar-refractivity contribution < 1.29 is 23.5 Å². The minimum Gasteiger partial charge on any atom is -0.379 e. The van der Waals surface area contributed by atoms with Gasteiger partial charge in [-0.3, -0.25) is 23.9 Å². The van der Waals surface area contributed by atoms with Crippen molar-refractivity contribution in [3.8, 4) is 0 Å². The molecule has 1 atom stereocenters. The third-order valence-electron chi connectivity index (χ3n) is 13.9. The van der Waals surface area contributed by atoms with Gasteiger partial charge in [-0.1, -0.05) is 18.9 Å². The van der Waals surface area contributed by atoms with Crippen LogP contribution in [0.15, 0.2) is 66.0 Å². The van der Waals surface area contributed by atoms with Crippen LogP contribution in [0.3, 0.4) is 0 Å². The summed E-state index contributed by atoms with van der Waals surface area (Å²) < 4.78 is 27.2. The minimum atomic E-state index is -0.282. The van der Waals surface area contributed by atoms with Crippen LogP contribution < -0.4 is 30.9 Å². The Morgan fingerprint density at radius 2 is 1.55 bits per heavy atom. The van der Waals surface area contributed by atoms with Crippen molar-refractivity contribution in [2.24, 2.45) is 0 Å². The number of fused-ring (bicyclic) bond motifs is 1. The second-order valence-electron chi connectivity index (χ2n) is 18.5. The minimum absolute atomic E-state index is 0.000459. The van der Waals surface area contributed by atoms with Gasteiger partial charge in [0.15, 0.2) is 5.78 Å². The Balaban J connectivity index is 0.636. The number of pyridine rings is 2. The number of nitrogens with one attached hydrogen (secondary N) is 2. The number of nitrogens with zero attached hydrogens (tertiary/aromatic N) is 11. The van der Waals surface area contributed by atoms with E-state index >= 15 is 0 Å². The molecule has 1 saturated carbocycles. The van der Waals surface area contributed by atoms with Gasteiger partial charge in [0.05, 0.1) is 50.3 Å². The first kappa shape index (κ1) is 47.7. The Morgan fingerprint density at radius 1 is 0.768 bits per heavy atom. The van der Waals surface area contributed by atoms with Crippen molar-refractivity contribution in [3.05, 3.63) is 88.5 Å². The van der Waals surface area contributed by atoms with Crippen molar-refractivity contribution in [1.29, 1.82) is 0 Å². The summed E-state index contributed by atoms with van der Waals surface area (Å²) in [6.07, 6.45) is 11.3. The van der Waals surface area contributed by atoms with Crippen LogP contribution in [0, 0.1) is 12.7 Å². The van der Waals surface area contributed by atoms with E-state index < -0.39 is 0 Å². The molecule has 4 aliphatic rings. The summed E-state index contributed by atoms with van der Waals surface area (Å²) in [5, 5.41) is 7.49. The fraction of sp³-hybridized carbons (Fsp3) is 0.520. The number of Topliss-reactive ketones (excluding diaryl/α,β-unsaturated/α-hetero) is 1. The number of aromatic nitrogens is 6. The van der Waals surface area contributed by atoms with Crippen LogP contribution in [0.1, 0.15) is 73.8 Å². The summed E-state index contributed by atoms with van der Waals surface area (Å²) >= 11 is 0. The SMILES string of the molecule is CC(=O)c1c(C)c2cnc(Nc3ccc(N4CCN(C(=O)CCOCCOCCN5CCN(c6cc(N[C@@H]7CCCN(c8cccc(F)c8)C7)ncn6)CC5)CC4)cn3)nc2n(C2CCCC2)c1=O. The Morgan fingerprint density at radius 3 is 2.30 bits per heavy atom. The smallest absolute Gasteiger partial charge is 0.263 e. The number of halogens is 1. The number of carbonyl (C=O) groups is 2. The first-order valence-corrected chi connectivity index (χ1v) is 24.6. The molecule has 3 saturated heterocycles. The molecule has 9 rings (SSSR count). The lowest BCUT2D eigenvalue weighted by Crippen LogP contribution is -2.49. The number of hydrogen-bond donors (Lipinski definition) is 2. The van der Waals surface area contributed by atoms with Crippen LogP contribution in [-0.4, -0.2) is 155 Å². The van der Waals surface area contributed by atoms with Crippen molar-refractivity contribution >= 4 is 57.5 Å². The van der Waals surface area contributed by atoms with Gasteiger partial charge in [0.25, 0.3) is 5.56 Å². The van der Waals surface area contributed by atoms with E-state index in [0.717, 1.165) is 107 Å². The number of benzene rings is 1. The predicted octanol–water partition coefficient (Wildman–Crippen LogP) is 5.46. The van der Waals surface area contributed by atoms with Crippen LogP contribution in [-0.2, 0) is 14.3 Å². The zero-order valence-electron chi connectivity index (χ0n) is 39.8. The number of ether oxygens (including phenoxy) is 2. The van der Waals surface area contributed by atoms with Gasteiger partial charge in [-0.25, -0.2) is 24.3 Å². The lowest BCUT2D eigenvalue weighted by atomic mass is 10.0. The molecule has 1 amide bonds. The van der Waals surface area contributed by atoms with E-state index in [1.165, 1.54) is 13.0 Å². The zero-order valence-corrected chi connectivity index (χ0v) is 39.8. The van der Waals surface area contributed by atoms with E-state index in [9.17, 15) is 18.8 Å². The highest BCUT2D eigenvalue weighted by Gasteiger charge is 2.27. The Bertz CT molecular complexity index is 2610. The highest BCUT2D eigenvalue weighted by Crippen LogP contribution is 2.32. The van der Waals surface area contributed by atoms with Crippen LogP contribution in [0.2, 0.25) is 0 Å². The van der Waals surface area contributed by atoms with Crippen molar-refractivity contribution in [3.63, 3.8) is 0 Å². The summed E-state index contributed by atoms with van der Waals surface area (Å²) in [7, 11) is 0. The molecule has 69 heavy (non-hydrogen) atoms. The molecule has 0 unspecified atom stereocenters. The highest BCUT2D eigenvalue weighted by molar-refractivity contribution is 5.99. The van der Waals surface area contributed by atoms with Gasteiger partial charge in [0.2, 0.25) is 11.9 Å². The molecule has 366 valence electrons. The van der Waals surface area contributed by atoms with E-state index in [0.29, 0.717) is 87.4 Å². The number of anilines is 6. The van der Waals surface area contributed by atoms with E-state index in [1.54, 1.807) is 42.3 Å². The molecule has 5 aromatic rings. The van der Waals surface area contributed by atoms with Crippen molar-refractivity contribution in [2.75, 3.05) is 124 Å². The topological polar surface area (TPSA) is 179 Å². The van der Waals surface area contributed by atoms with Gasteiger partial charge < -0.3 is 39.7 Å². The first-order valence-electron chi connectivity index (χ1n) is 24.6. The molecular formula is C50H64FN13O5. The van der Waals surface area contributed by atoms with Crippen LogP contribution >= 0.6 is 0 Å². The molecule has 1 aromatic carbocycles. The van der Waals surface area contributed by atoms with Gasteiger partial charge >= 0.3 is 0 Å². The molecule has 4 fully saturated rings. The largest absolute Gasteiger partial charge is 0.379 e. The summed E-state index contributed by atoms with van der Waals surface area (Å²) in [6, 6.07) is 12.9. The van der Waals surface area contributed by atoms with Crippen LogP contribution in [0.4, 0.5) is 39.2 Å². The summed E-state index contributed by atoms with van der Waals surface area (Å²) in [4.78, 5) is 73.1. The molecule has 1 aliphatic carbocycles. The third-order valence-corrected chi connectivity index (χ3v) is 13.9. The highest BCUT2D eigenvalue weighted by atomic mass is 19.1. The second kappa shape index (κ2) is 22.4. The van der Waals surface area contributed by atoms with Crippen molar-refractivity contribution in [1.82, 2.24) is 39.3 Å². The Hall–Kier alpha value is -6.31. The summed E-state index contributed by atoms with van der Waals surface area (Å²) in [6.45, 7) is 13.8. The van der Waals surface area contributed by atoms with Crippen LogP contribution in [0.5, 0.6) is 0 Å². The zero-order chi connectivity index (χ0) is 47.7. The van der Waals surface area contributed by atoms with Gasteiger partial charge in [-0.2, -0.15) is 4.98 Å². The number of rotatable bonds is 18. The van der Waals surface area contributed by atoms with Crippen LogP contribution in [0.25, 0.3) is 11.0 Å². The number of aryl methyl sites for hydroxylation is 1. The van der Waals surface area contributed by atoms with E-state index in [4.69, 9.17) is 14.5 Å². The second-order valence-corrected chi connectivity index (χ2v) is 18.5. The predicted molar refractivity (Wildman–Crippen MR) is 265 cm³/mol. The Kier molecular flexibility index (Phi) is 15.5. The molecule has 2 N–H and O–H groups in total. The maximum Gasteiger partial charge on any atom is 0.263 e. The standard InChI is InChI=1S/C50H64FN13O5/c1-35-42-32-53-50(58-48(42)64(39-9-3-4-10-39)49(67)47(35)36(2)65)57-43-13-12-41(31-52-43)60-20-22-62(23-21-60)46(66)14-25-68-27-28-69-26-24-59-16-18-61(19-17-59)45-30-44(54-34-55-45)56-38-8-6-15-63(33-38)40-11-5-7-37(51)29-40/h5,7,11-13,29-32,34,38-39H,3-4,6,8-10,14-28,33H2,1-2H3,(H,54,55,56)(H,52,53,57,58)/t38-/m1/s1. The van der Waals surface area contributed by atoms with Gasteiger partial charge in [0, 0.05) is 107 Å². The average Bonchev–Trinajstić information content (AvgIpc) is 3.90. The number of carbonyl (C=O) groups excluding carboxylic acids is 2. The lowest BCUT2D eigenvalue weighted by molar-refractivity contribution is -0.132. The van der Waals surface area contributed by atoms with Gasteiger partial charge in [-0.15, -0.1) is 0 Å². The molecule has 19 heteroatoms. The first-order chi connectivity index (χ1) is 33.7. The molecule has 3 aliphatic heterocycles. The van der Waals surface area contributed by atoms with E-state index in [-0.39, 0.29) is 40.7 Å². The summed E-state index contributed by atoms with van der Waals surface area (Å²) in [5.41, 5.74) is 2.93. The molecule has 0 spiro atoms. The monoisotopic (exact) mass is 946 g/mol. The number of ketones is 1. The lowest BCUT2D eigenvalue weighted by Gasteiger charge is -2.36. The quantitative estimate of drug-likeness (QED) is 0.0835. The molecule has 0 radical (unpaired) electrons. The molecule has 0 bridgehead atoms. The van der Waals surface area contributed by atoms with Crippen molar-refractivity contribution in [2.45, 2.75) is 70.9 Å². The van der Waals surface area contributed by atoms with Gasteiger partial charge in [-0.05, 0) is 75.4 Å². The molecule has 18 nitrogen and oxygen atoms in total. The number of hydrogen-bond acceptors (Lipinski definition) is 16. The summed E-state index contributed by atoms with van der Waals surface area (Å²) in [5.74, 6) is 2.24. The Labute approximate surface area is 402 Å². The van der Waals surface area contributed by atoms with Gasteiger partial charge in [0.1, 0.15) is 35.2 Å². The fourth-order valence-electron chi connectivity index (χ4n) is 10.1. The number of piperazine rings is 2. The van der Waals surface area contributed by atoms with E-state index in [1.807, 2.05) is 29.2 Å². The number of amides is 1. The average molecular weight is 946 g/mol. The molecular weight excluding hydrogens is 882 g/mol. The molecule has 4 aromatic heterocycles. The fourth-order valence-corrected chi connectivity index (χ4v) is 10.1. The maximum atomic E-state index is 13.8. The normalized spacial score (nSPS) is 18.3.